The van der Waals surface area contributed by atoms with Gasteiger partial charge in [-0.15, -0.1) is 0 Å². The van der Waals surface area contributed by atoms with E-state index in [1.165, 1.54) is 16.3 Å². The van der Waals surface area contributed by atoms with E-state index in [-0.39, 0.29) is 0 Å². The SMILES string of the molecule is C(=Cc1cnc2[nH]c3ccccc3c2c1)c1ccccc1. The second-order valence-electron chi connectivity index (χ2n) is 5.08. The number of aromatic amines is 1. The molecule has 4 rings (SSSR count). The molecule has 0 fully saturated rings. The maximum absolute atomic E-state index is 4.52. The second-order valence-corrected chi connectivity index (χ2v) is 5.08. The van der Waals surface area contributed by atoms with Crippen LogP contribution in [0.4, 0.5) is 0 Å². The van der Waals surface area contributed by atoms with Gasteiger partial charge in [0.1, 0.15) is 5.65 Å². The van der Waals surface area contributed by atoms with E-state index >= 15 is 0 Å². The van der Waals surface area contributed by atoms with Gasteiger partial charge in [-0.05, 0) is 23.3 Å². The first kappa shape index (κ1) is 11.9. The van der Waals surface area contributed by atoms with Crippen LogP contribution in [0.2, 0.25) is 0 Å². The van der Waals surface area contributed by atoms with Gasteiger partial charge in [0.05, 0.1) is 0 Å². The number of pyridine rings is 1. The molecule has 2 aromatic carbocycles. The zero-order chi connectivity index (χ0) is 14.1. The number of nitrogens with zero attached hydrogens (tertiary/aromatic N) is 1. The van der Waals surface area contributed by atoms with Crippen molar-refractivity contribution in [2.24, 2.45) is 0 Å². The topological polar surface area (TPSA) is 28.7 Å². The Bertz CT molecular complexity index is 934. The van der Waals surface area contributed by atoms with Gasteiger partial charge < -0.3 is 4.98 Å². The van der Waals surface area contributed by atoms with Crippen LogP contribution in [-0.4, -0.2) is 9.97 Å². The van der Waals surface area contributed by atoms with Crippen molar-refractivity contribution in [1.29, 1.82) is 0 Å². The summed E-state index contributed by atoms with van der Waals surface area (Å²) >= 11 is 0. The van der Waals surface area contributed by atoms with Gasteiger partial charge in [-0.2, -0.15) is 0 Å². The van der Waals surface area contributed by atoms with Gasteiger partial charge in [-0.1, -0.05) is 60.7 Å². The van der Waals surface area contributed by atoms with Crippen molar-refractivity contribution < 1.29 is 0 Å². The van der Waals surface area contributed by atoms with Gasteiger partial charge in [0, 0.05) is 22.5 Å². The van der Waals surface area contributed by atoms with E-state index in [1.807, 2.05) is 30.5 Å². The van der Waals surface area contributed by atoms with Crippen LogP contribution < -0.4 is 0 Å². The van der Waals surface area contributed by atoms with E-state index in [0.29, 0.717) is 0 Å². The fraction of sp³-hybridized carbons (Fsp3) is 0. The molecule has 0 amide bonds. The third kappa shape index (κ3) is 2.21. The average molecular weight is 270 g/mol. The van der Waals surface area contributed by atoms with Gasteiger partial charge in [0.2, 0.25) is 0 Å². The van der Waals surface area contributed by atoms with E-state index in [9.17, 15) is 0 Å². The Hall–Kier alpha value is -2.87. The van der Waals surface area contributed by atoms with Gasteiger partial charge in [0.25, 0.3) is 0 Å². The highest BCUT2D eigenvalue weighted by atomic mass is 14.8. The first-order chi connectivity index (χ1) is 10.4. The van der Waals surface area contributed by atoms with E-state index in [0.717, 1.165) is 16.7 Å². The molecule has 0 aliphatic rings. The van der Waals surface area contributed by atoms with Crippen molar-refractivity contribution in [1.82, 2.24) is 9.97 Å². The number of benzene rings is 2. The third-order valence-electron chi connectivity index (χ3n) is 3.65. The lowest BCUT2D eigenvalue weighted by atomic mass is 10.1. The van der Waals surface area contributed by atoms with Gasteiger partial charge in [-0.3, -0.25) is 0 Å². The van der Waals surface area contributed by atoms with Crippen LogP contribution in [0.3, 0.4) is 0 Å². The van der Waals surface area contributed by atoms with Gasteiger partial charge in [0.15, 0.2) is 0 Å². The standard InChI is InChI=1S/C19H14N2/c1-2-6-14(7-3-1)10-11-15-12-17-16-8-4-5-9-18(16)21-19(17)20-13-15/h1-13H,(H,20,21). The Kier molecular flexibility index (Phi) is 2.79. The summed E-state index contributed by atoms with van der Waals surface area (Å²) in [5.41, 5.74) is 4.37. The maximum Gasteiger partial charge on any atom is 0.138 e. The molecule has 0 aliphatic heterocycles. The molecule has 0 bridgehead atoms. The molecule has 0 saturated carbocycles. The molecular weight excluding hydrogens is 256 g/mol. The summed E-state index contributed by atoms with van der Waals surface area (Å²) in [4.78, 5) is 7.87. The Morgan fingerprint density at radius 1 is 0.762 bits per heavy atom. The van der Waals surface area contributed by atoms with Crippen LogP contribution in [-0.2, 0) is 0 Å². The molecule has 0 aliphatic carbocycles. The first-order valence-corrected chi connectivity index (χ1v) is 7.00. The molecule has 1 N–H and O–H groups in total. The number of hydrogen-bond acceptors (Lipinski definition) is 1. The highest BCUT2D eigenvalue weighted by Crippen LogP contribution is 2.24. The predicted octanol–water partition coefficient (Wildman–Crippen LogP) is 4.89. The zero-order valence-electron chi connectivity index (χ0n) is 11.5. The smallest absolute Gasteiger partial charge is 0.138 e. The monoisotopic (exact) mass is 270 g/mol. The van der Waals surface area contributed by atoms with Crippen LogP contribution >= 0.6 is 0 Å². The predicted molar refractivity (Wildman–Crippen MR) is 89.0 cm³/mol. The fourth-order valence-corrected chi connectivity index (χ4v) is 2.59. The van der Waals surface area contributed by atoms with Gasteiger partial charge in [-0.25, -0.2) is 4.98 Å². The molecule has 100 valence electrons. The van der Waals surface area contributed by atoms with Crippen molar-refractivity contribution in [2.75, 3.05) is 0 Å². The van der Waals surface area contributed by atoms with Crippen LogP contribution in [0, 0.1) is 0 Å². The summed E-state index contributed by atoms with van der Waals surface area (Å²) in [5, 5.41) is 2.38. The van der Waals surface area contributed by atoms with Crippen molar-refractivity contribution >= 4 is 34.1 Å². The molecule has 0 spiro atoms. The van der Waals surface area contributed by atoms with E-state index < -0.39 is 0 Å². The number of para-hydroxylation sites is 1. The lowest BCUT2D eigenvalue weighted by Gasteiger charge is -1.95. The quantitative estimate of drug-likeness (QED) is 0.552. The molecule has 4 aromatic rings. The van der Waals surface area contributed by atoms with Crippen LogP contribution in [0.5, 0.6) is 0 Å². The molecule has 2 heteroatoms. The Morgan fingerprint density at radius 3 is 2.43 bits per heavy atom. The van der Waals surface area contributed by atoms with Crippen molar-refractivity contribution in [3.8, 4) is 0 Å². The maximum atomic E-state index is 4.52. The highest BCUT2D eigenvalue weighted by Gasteiger charge is 2.04. The van der Waals surface area contributed by atoms with Crippen LogP contribution in [0.25, 0.3) is 34.1 Å². The number of H-pyrrole nitrogens is 1. The van der Waals surface area contributed by atoms with Crippen LogP contribution in [0.1, 0.15) is 11.1 Å². The third-order valence-corrected chi connectivity index (χ3v) is 3.65. The minimum Gasteiger partial charge on any atom is -0.339 e. The Balaban J connectivity index is 1.80. The molecular formula is C19H14N2. The minimum absolute atomic E-state index is 0.938. The largest absolute Gasteiger partial charge is 0.339 e. The molecule has 0 radical (unpaired) electrons. The number of rotatable bonds is 2. The normalized spacial score (nSPS) is 11.6. The number of fused-ring (bicyclic) bond motifs is 3. The summed E-state index contributed by atoms with van der Waals surface area (Å²) in [6, 6.07) is 20.8. The summed E-state index contributed by atoms with van der Waals surface area (Å²) in [6.45, 7) is 0. The average Bonchev–Trinajstić information content (AvgIpc) is 2.92. The lowest BCUT2D eigenvalue weighted by Crippen LogP contribution is -1.79. The molecule has 21 heavy (non-hydrogen) atoms. The molecule has 2 heterocycles. The van der Waals surface area contributed by atoms with Crippen LogP contribution in [0.15, 0.2) is 66.9 Å². The number of nitrogens with one attached hydrogen (secondary N) is 1. The van der Waals surface area contributed by atoms with E-state index in [1.54, 1.807) is 0 Å². The van der Waals surface area contributed by atoms with E-state index in [2.05, 4.69) is 58.5 Å². The first-order valence-electron chi connectivity index (χ1n) is 7.00. The van der Waals surface area contributed by atoms with Gasteiger partial charge >= 0.3 is 0 Å². The summed E-state index contributed by atoms with van der Waals surface area (Å²) in [5.74, 6) is 0. The summed E-state index contributed by atoms with van der Waals surface area (Å²) < 4.78 is 0. The van der Waals surface area contributed by atoms with Crippen molar-refractivity contribution in [2.45, 2.75) is 0 Å². The van der Waals surface area contributed by atoms with Crippen molar-refractivity contribution in [3.63, 3.8) is 0 Å². The molecule has 2 aromatic heterocycles. The number of aromatic nitrogens is 2. The molecule has 0 saturated heterocycles. The summed E-state index contributed by atoms with van der Waals surface area (Å²) in [6.07, 6.45) is 6.11. The zero-order valence-corrected chi connectivity index (χ0v) is 11.5. The van der Waals surface area contributed by atoms with E-state index in [4.69, 9.17) is 0 Å². The number of hydrogen-bond donors (Lipinski definition) is 1. The highest BCUT2D eigenvalue weighted by molar-refractivity contribution is 6.06. The minimum atomic E-state index is 0.938. The second kappa shape index (κ2) is 4.91. The Labute approximate surface area is 122 Å². The summed E-state index contributed by atoms with van der Waals surface area (Å²) in [7, 11) is 0. The van der Waals surface area contributed by atoms with Crippen molar-refractivity contribution in [3.05, 3.63) is 78.0 Å². The molecule has 0 atom stereocenters. The molecule has 2 nitrogen and oxygen atoms in total. The molecule has 0 unspecified atom stereocenters. The lowest BCUT2D eigenvalue weighted by molar-refractivity contribution is 1.34. The fourth-order valence-electron chi connectivity index (χ4n) is 2.59. The Morgan fingerprint density at radius 2 is 1.52 bits per heavy atom.